The van der Waals surface area contributed by atoms with E-state index in [2.05, 4.69) is 15.2 Å². The van der Waals surface area contributed by atoms with Gasteiger partial charge in [0.05, 0.1) is 6.54 Å². The van der Waals surface area contributed by atoms with Crippen LogP contribution in [0.2, 0.25) is 5.02 Å². The predicted molar refractivity (Wildman–Crippen MR) is 117 cm³/mol. The van der Waals surface area contributed by atoms with Gasteiger partial charge in [-0.05, 0) is 41.8 Å². The van der Waals surface area contributed by atoms with Crippen LogP contribution in [0.25, 0.3) is 10.8 Å². The number of hydrogen-bond acceptors (Lipinski definition) is 4. The molecule has 8 heteroatoms. The van der Waals surface area contributed by atoms with Crippen LogP contribution in [0.4, 0.5) is 5.69 Å². The molecule has 0 saturated carbocycles. The number of hydrogen-bond donors (Lipinski definition) is 2. The molecule has 154 valence electrons. The molecule has 30 heavy (non-hydrogen) atoms. The van der Waals surface area contributed by atoms with Crippen LogP contribution in [0.1, 0.15) is 10.5 Å². The molecular formula is C22H21ClN4O3. The van der Waals surface area contributed by atoms with Gasteiger partial charge in [-0.1, -0.05) is 29.8 Å². The van der Waals surface area contributed by atoms with Crippen molar-refractivity contribution in [2.24, 2.45) is 0 Å². The lowest BCUT2D eigenvalue weighted by atomic mass is 10.1. The zero-order chi connectivity index (χ0) is 21.1. The third kappa shape index (κ3) is 4.31. The van der Waals surface area contributed by atoms with Crippen molar-refractivity contribution < 1.29 is 9.59 Å². The van der Waals surface area contributed by atoms with E-state index >= 15 is 0 Å². The van der Waals surface area contributed by atoms with Gasteiger partial charge in [-0.2, -0.15) is 0 Å². The van der Waals surface area contributed by atoms with Crippen molar-refractivity contribution in [3.63, 3.8) is 0 Å². The van der Waals surface area contributed by atoms with Crippen LogP contribution >= 0.6 is 11.6 Å². The highest BCUT2D eigenvalue weighted by atomic mass is 35.5. The molecule has 1 fully saturated rings. The molecule has 1 aromatic heterocycles. The molecule has 3 aromatic rings. The third-order valence-electron chi connectivity index (χ3n) is 5.22. The predicted octanol–water partition coefficient (Wildman–Crippen LogP) is 2.26. The zero-order valence-electron chi connectivity index (χ0n) is 16.2. The topological polar surface area (TPSA) is 85.5 Å². The lowest BCUT2D eigenvalue weighted by molar-refractivity contribution is -0.130. The van der Waals surface area contributed by atoms with Crippen molar-refractivity contribution in [1.29, 1.82) is 0 Å². The van der Waals surface area contributed by atoms with Crippen molar-refractivity contribution in [2.75, 3.05) is 37.6 Å². The molecule has 0 atom stereocenters. The van der Waals surface area contributed by atoms with E-state index < -0.39 is 5.91 Å². The molecule has 0 aliphatic carbocycles. The number of amides is 2. The average molecular weight is 425 g/mol. The number of carbonyl (C=O) groups is 2. The summed E-state index contributed by atoms with van der Waals surface area (Å²) in [6.45, 7) is 2.45. The van der Waals surface area contributed by atoms with Crippen LogP contribution in [0.3, 0.4) is 0 Å². The van der Waals surface area contributed by atoms with Crippen LogP contribution < -0.4 is 15.8 Å². The number of nitrogens with zero attached hydrogens (tertiary/aromatic N) is 2. The van der Waals surface area contributed by atoms with Gasteiger partial charge in [0.2, 0.25) is 5.91 Å². The fourth-order valence-electron chi connectivity index (χ4n) is 3.56. The summed E-state index contributed by atoms with van der Waals surface area (Å²) in [4.78, 5) is 43.6. The first-order valence-electron chi connectivity index (χ1n) is 9.70. The van der Waals surface area contributed by atoms with E-state index in [1.807, 2.05) is 24.3 Å². The molecule has 2 heterocycles. The Morgan fingerprint density at radius 2 is 1.70 bits per heavy atom. The van der Waals surface area contributed by atoms with E-state index in [0.717, 1.165) is 5.69 Å². The van der Waals surface area contributed by atoms with Crippen molar-refractivity contribution in [1.82, 2.24) is 15.2 Å². The molecule has 0 bridgehead atoms. The number of nitrogens with one attached hydrogen (secondary N) is 2. The summed E-state index contributed by atoms with van der Waals surface area (Å²) < 4.78 is 0. The molecule has 0 unspecified atom stereocenters. The molecule has 1 aliphatic heterocycles. The minimum atomic E-state index is -0.481. The quantitative estimate of drug-likeness (QED) is 0.672. The first-order valence-corrected chi connectivity index (χ1v) is 10.1. The largest absolute Gasteiger partial charge is 0.368 e. The van der Waals surface area contributed by atoms with Crippen LogP contribution in [0.5, 0.6) is 0 Å². The molecule has 2 aromatic carbocycles. The lowest BCUT2D eigenvalue weighted by Crippen LogP contribution is -2.51. The molecule has 7 nitrogen and oxygen atoms in total. The van der Waals surface area contributed by atoms with Crippen LogP contribution in [0.15, 0.2) is 59.4 Å². The van der Waals surface area contributed by atoms with E-state index in [1.165, 1.54) is 0 Å². The molecular weight excluding hydrogens is 404 g/mol. The number of fused-ring (bicyclic) bond motifs is 1. The van der Waals surface area contributed by atoms with E-state index in [0.29, 0.717) is 42.0 Å². The van der Waals surface area contributed by atoms with Gasteiger partial charge in [-0.15, -0.1) is 0 Å². The van der Waals surface area contributed by atoms with Crippen molar-refractivity contribution in [2.45, 2.75) is 0 Å². The minimum Gasteiger partial charge on any atom is -0.368 e. The molecule has 0 radical (unpaired) electrons. The number of carbonyl (C=O) groups excluding carboxylic acids is 2. The minimum absolute atomic E-state index is 0.116. The van der Waals surface area contributed by atoms with Gasteiger partial charge in [0.25, 0.3) is 11.5 Å². The number of piperazine rings is 1. The van der Waals surface area contributed by atoms with Crippen LogP contribution in [-0.2, 0) is 4.79 Å². The van der Waals surface area contributed by atoms with E-state index in [1.54, 1.807) is 35.2 Å². The highest BCUT2D eigenvalue weighted by molar-refractivity contribution is 6.30. The number of H-pyrrole nitrogens is 1. The number of pyridine rings is 1. The molecule has 2 amide bonds. The van der Waals surface area contributed by atoms with Gasteiger partial charge in [0.1, 0.15) is 5.69 Å². The SMILES string of the molecule is O=C(NCC(=O)N1CCN(c2ccc(Cl)cc2)CC1)c1cc2ccccc2c(=O)[nH]1. The normalized spacial score (nSPS) is 14.0. The van der Waals surface area contributed by atoms with Gasteiger partial charge in [-0.25, -0.2) is 0 Å². The van der Waals surface area contributed by atoms with Gasteiger partial charge in [-0.3, -0.25) is 14.4 Å². The molecule has 2 N–H and O–H groups in total. The summed E-state index contributed by atoms with van der Waals surface area (Å²) in [7, 11) is 0. The summed E-state index contributed by atoms with van der Waals surface area (Å²) in [5, 5.41) is 4.49. The Morgan fingerprint density at radius 3 is 2.43 bits per heavy atom. The first kappa shape index (κ1) is 20.0. The smallest absolute Gasteiger partial charge is 0.268 e. The maximum atomic E-state index is 12.5. The van der Waals surface area contributed by atoms with Crippen molar-refractivity contribution in [3.05, 3.63) is 75.7 Å². The highest BCUT2D eigenvalue weighted by Gasteiger charge is 2.22. The Morgan fingerprint density at radius 1 is 1.00 bits per heavy atom. The molecule has 0 spiro atoms. The molecule has 1 aliphatic rings. The second-order valence-electron chi connectivity index (χ2n) is 7.13. The van der Waals surface area contributed by atoms with Crippen molar-refractivity contribution >= 4 is 39.9 Å². The molecule has 1 saturated heterocycles. The fraction of sp³-hybridized carbons (Fsp3) is 0.227. The summed E-state index contributed by atoms with van der Waals surface area (Å²) in [5.74, 6) is -0.631. The standard InChI is InChI=1S/C22H21ClN4O3/c23-16-5-7-17(8-6-16)26-9-11-27(12-10-26)20(28)14-24-22(30)19-13-15-3-1-2-4-18(15)21(29)25-19/h1-8,13H,9-12,14H2,(H,24,30)(H,25,29). The monoisotopic (exact) mass is 424 g/mol. The lowest BCUT2D eigenvalue weighted by Gasteiger charge is -2.36. The van der Waals surface area contributed by atoms with E-state index in [-0.39, 0.29) is 23.7 Å². The Balaban J connectivity index is 1.32. The maximum Gasteiger partial charge on any atom is 0.268 e. The number of halogens is 1. The summed E-state index contributed by atoms with van der Waals surface area (Å²) in [5.41, 5.74) is 0.877. The maximum absolute atomic E-state index is 12.5. The number of anilines is 1. The van der Waals surface area contributed by atoms with Gasteiger partial charge in [0.15, 0.2) is 0 Å². The first-order chi connectivity index (χ1) is 14.5. The van der Waals surface area contributed by atoms with Crippen molar-refractivity contribution in [3.8, 4) is 0 Å². The van der Waals surface area contributed by atoms with Crippen LogP contribution in [0, 0.1) is 0 Å². The van der Waals surface area contributed by atoms with Gasteiger partial charge < -0.3 is 20.1 Å². The summed E-state index contributed by atoms with van der Waals surface area (Å²) in [6, 6.07) is 16.3. The Labute approximate surface area is 178 Å². The average Bonchev–Trinajstić information content (AvgIpc) is 2.78. The second kappa shape index (κ2) is 8.59. The number of aromatic nitrogens is 1. The Bertz CT molecular complexity index is 1140. The van der Waals surface area contributed by atoms with E-state index in [4.69, 9.17) is 11.6 Å². The summed E-state index contributed by atoms with van der Waals surface area (Å²) >= 11 is 5.93. The Kier molecular flexibility index (Phi) is 5.72. The van der Waals surface area contributed by atoms with E-state index in [9.17, 15) is 14.4 Å². The van der Waals surface area contributed by atoms with Gasteiger partial charge >= 0.3 is 0 Å². The summed E-state index contributed by atoms with van der Waals surface area (Å²) in [6.07, 6.45) is 0. The zero-order valence-corrected chi connectivity index (χ0v) is 17.0. The molecule has 4 rings (SSSR count). The van der Waals surface area contributed by atoms with Gasteiger partial charge in [0, 0.05) is 42.3 Å². The Hall–Kier alpha value is -3.32. The number of aromatic amines is 1. The number of benzene rings is 2. The second-order valence-corrected chi connectivity index (χ2v) is 7.56. The highest BCUT2D eigenvalue weighted by Crippen LogP contribution is 2.19. The van der Waals surface area contributed by atoms with Crippen LogP contribution in [-0.4, -0.2) is 54.4 Å². The third-order valence-corrected chi connectivity index (χ3v) is 5.47. The fourth-order valence-corrected chi connectivity index (χ4v) is 3.69. The number of rotatable bonds is 4.